The van der Waals surface area contributed by atoms with E-state index in [1.807, 2.05) is 54.7 Å². The van der Waals surface area contributed by atoms with Crippen LogP contribution in [0, 0.1) is 0 Å². The number of rotatable bonds is 5. The van der Waals surface area contributed by atoms with Gasteiger partial charge < -0.3 is 9.72 Å². The van der Waals surface area contributed by atoms with Crippen molar-refractivity contribution in [1.29, 1.82) is 0 Å². The molecule has 0 aliphatic carbocycles. The normalized spacial score (nSPS) is 10.5. The van der Waals surface area contributed by atoms with E-state index < -0.39 is 0 Å². The molecule has 0 saturated heterocycles. The monoisotopic (exact) mass is 278 g/mol. The Bertz CT molecular complexity index is 704. The van der Waals surface area contributed by atoms with Gasteiger partial charge in [-0.05, 0) is 18.6 Å². The Hall–Kier alpha value is -2.55. The first-order valence-corrected chi connectivity index (χ1v) is 7.20. The van der Waals surface area contributed by atoms with Crippen molar-refractivity contribution in [2.75, 3.05) is 6.61 Å². The second-order valence-electron chi connectivity index (χ2n) is 4.89. The summed E-state index contributed by atoms with van der Waals surface area (Å²) in [5.74, 6) is 1.77. The largest absolute Gasteiger partial charge is 0.494 e. The summed E-state index contributed by atoms with van der Waals surface area (Å²) in [5, 5.41) is 0. The standard InChI is InChI=1S/C18H18N2O/c1-2-11-21-16-10-6-9-15(12-16)17-13-19-18(20-17)14-7-4-3-5-8-14/h3-10,12-13H,2,11H2,1H3,(H,19,20). The summed E-state index contributed by atoms with van der Waals surface area (Å²) in [5.41, 5.74) is 3.16. The van der Waals surface area contributed by atoms with Crippen molar-refractivity contribution >= 4 is 0 Å². The van der Waals surface area contributed by atoms with E-state index in [4.69, 9.17) is 4.74 Å². The zero-order chi connectivity index (χ0) is 14.5. The number of nitrogens with one attached hydrogen (secondary N) is 1. The fourth-order valence-corrected chi connectivity index (χ4v) is 2.18. The summed E-state index contributed by atoms with van der Waals surface area (Å²) >= 11 is 0. The molecule has 0 aliphatic rings. The third kappa shape index (κ3) is 3.14. The molecule has 0 atom stereocenters. The highest BCUT2D eigenvalue weighted by molar-refractivity contribution is 5.65. The summed E-state index contributed by atoms with van der Waals surface area (Å²) < 4.78 is 5.67. The zero-order valence-corrected chi connectivity index (χ0v) is 12.0. The predicted molar refractivity (Wildman–Crippen MR) is 85.2 cm³/mol. The number of ether oxygens (including phenoxy) is 1. The molecule has 1 heterocycles. The second kappa shape index (κ2) is 6.27. The van der Waals surface area contributed by atoms with Crippen molar-refractivity contribution in [3.63, 3.8) is 0 Å². The van der Waals surface area contributed by atoms with E-state index in [2.05, 4.69) is 23.0 Å². The molecule has 0 radical (unpaired) electrons. The smallest absolute Gasteiger partial charge is 0.137 e. The van der Waals surface area contributed by atoms with Crippen molar-refractivity contribution in [3.05, 3.63) is 60.8 Å². The molecule has 3 rings (SSSR count). The highest BCUT2D eigenvalue weighted by Crippen LogP contribution is 2.25. The Morgan fingerprint density at radius 3 is 2.62 bits per heavy atom. The van der Waals surface area contributed by atoms with Gasteiger partial charge in [0.1, 0.15) is 11.6 Å². The van der Waals surface area contributed by atoms with Crippen LogP contribution in [0.5, 0.6) is 5.75 Å². The fraction of sp³-hybridized carbons (Fsp3) is 0.167. The lowest BCUT2D eigenvalue weighted by atomic mass is 10.1. The van der Waals surface area contributed by atoms with Crippen LogP contribution in [0.2, 0.25) is 0 Å². The van der Waals surface area contributed by atoms with E-state index in [-0.39, 0.29) is 0 Å². The van der Waals surface area contributed by atoms with Gasteiger partial charge in [-0.15, -0.1) is 0 Å². The first-order chi connectivity index (χ1) is 10.4. The quantitative estimate of drug-likeness (QED) is 0.744. The van der Waals surface area contributed by atoms with Crippen molar-refractivity contribution in [2.24, 2.45) is 0 Å². The maximum Gasteiger partial charge on any atom is 0.137 e. The van der Waals surface area contributed by atoms with Gasteiger partial charge >= 0.3 is 0 Å². The Labute approximate surface area is 124 Å². The summed E-state index contributed by atoms with van der Waals surface area (Å²) in [6.45, 7) is 2.84. The van der Waals surface area contributed by atoms with Gasteiger partial charge in [0.15, 0.2) is 0 Å². The molecule has 1 N–H and O–H groups in total. The maximum absolute atomic E-state index is 5.67. The average Bonchev–Trinajstić information content (AvgIpc) is 3.04. The van der Waals surface area contributed by atoms with Gasteiger partial charge in [-0.25, -0.2) is 4.98 Å². The summed E-state index contributed by atoms with van der Waals surface area (Å²) in [6, 6.07) is 18.2. The van der Waals surface area contributed by atoms with Crippen LogP contribution in [0.25, 0.3) is 22.6 Å². The SMILES string of the molecule is CCCOc1cccc(-c2cnc(-c3ccccc3)[nH]2)c1. The van der Waals surface area contributed by atoms with Crippen LogP contribution in [0.1, 0.15) is 13.3 Å². The van der Waals surface area contributed by atoms with E-state index in [1.165, 1.54) is 0 Å². The molecule has 1 aromatic heterocycles. The third-order valence-corrected chi connectivity index (χ3v) is 3.24. The van der Waals surface area contributed by atoms with Crippen LogP contribution in [0.4, 0.5) is 0 Å². The number of H-pyrrole nitrogens is 1. The first-order valence-electron chi connectivity index (χ1n) is 7.20. The molecular weight excluding hydrogens is 260 g/mol. The minimum atomic E-state index is 0.738. The van der Waals surface area contributed by atoms with E-state index in [0.717, 1.165) is 41.4 Å². The summed E-state index contributed by atoms with van der Waals surface area (Å²) in [7, 11) is 0. The van der Waals surface area contributed by atoms with Gasteiger partial charge in [-0.2, -0.15) is 0 Å². The zero-order valence-electron chi connectivity index (χ0n) is 12.0. The van der Waals surface area contributed by atoms with Crippen molar-refractivity contribution in [2.45, 2.75) is 13.3 Å². The molecule has 3 nitrogen and oxygen atoms in total. The maximum atomic E-state index is 5.67. The van der Waals surface area contributed by atoms with E-state index in [0.29, 0.717) is 0 Å². The Kier molecular flexibility index (Phi) is 4.01. The molecule has 0 bridgehead atoms. The molecule has 3 heteroatoms. The first kappa shape index (κ1) is 13.4. The molecule has 3 aromatic rings. The molecule has 2 aromatic carbocycles. The number of imidazole rings is 1. The lowest BCUT2D eigenvalue weighted by Gasteiger charge is -2.05. The number of hydrogen-bond acceptors (Lipinski definition) is 2. The number of aromatic nitrogens is 2. The topological polar surface area (TPSA) is 37.9 Å². The molecule has 0 fully saturated rings. The van der Waals surface area contributed by atoms with Gasteiger partial charge in [0.2, 0.25) is 0 Å². The molecule has 21 heavy (non-hydrogen) atoms. The number of aromatic amines is 1. The van der Waals surface area contributed by atoms with Gasteiger partial charge in [0.25, 0.3) is 0 Å². The molecule has 0 amide bonds. The molecule has 0 unspecified atom stereocenters. The molecular formula is C18H18N2O. The van der Waals surface area contributed by atoms with Crippen LogP contribution in [-0.4, -0.2) is 16.6 Å². The van der Waals surface area contributed by atoms with Crippen LogP contribution in [-0.2, 0) is 0 Å². The highest BCUT2D eigenvalue weighted by Gasteiger charge is 2.06. The van der Waals surface area contributed by atoms with Crippen molar-refractivity contribution in [1.82, 2.24) is 9.97 Å². The van der Waals surface area contributed by atoms with E-state index in [1.54, 1.807) is 0 Å². The van der Waals surface area contributed by atoms with E-state index >= 15 is 0 Å². The van der Waals surface area contributed by atoms with Crippen LogP contribution in [0.3, 0.4) is 0 Å². The Balaban J connectivity index is 1.86. The number of benzene rings is 2. The predicted octanol–water partition coefficient (Wildman–Crippen LogP) is 4.53. The van der Waals surface area contributed by atoms with Gasteiger partial charge in [-0.3, -0.25) is 0 Å². The highest BCUT2D eigenvalue weighted by atomic mass is 16.5. The number of hydrogen-bond donors (Lipinski definition) is 1. The minimum Gasteiger partial charge on any atom is -0.494 e. The van der Waals surface area contributed by atoms with Crippen molar-refractivity contribution < 1.29 is 4.74 Å². The van der Waals surface area contributed by atoms with Gasteiger partial charge in [0, 0.05) is 11.1 Å². The Morgan fingerprint density at radius 1 is 1.00 bits per heavy atom. The van der Waals surface area contributed by atoms with Crippen LogP contribution >= 0.6 is 0 Å². The van der Waals surface area contributed by atoms with Crippen LogP contribution < -0.4 is 4.74 Å². The van der Waals surface area contributed by atoms with Gasteiger partial charge in [0.05, 0.1) is 18.5 Å². The van der Waals surface area contributed by atoms with Crippen molar-refractivity contribution in [3.8, 4) is 28.4 Å². The Morgan fingerprint density at radius 2 is 1.81 bits per heavy atom. The third-order valence-electron chi connectivity index (χ3n) is 3.24. The minimum absolute atomic E-state index is 0.738. The summed E-state index contributed by atoms with van der Waals surface area (Å²) in [6.07, 6.45) is 2.87. The molecule has 0 saturated carbocycles. The van der Waals surface area contributed by atoms with Crippen LogP contribution in [0.15, 0.2) is 60.8 Å². The molecule has 0 aliphatic heterocycles. The molecule has 106 valence electrons. The average molecular weight is 278 g/mol. The fourth-order valence-electron chi connectivity index (χ4n) is 2.18. The molecule has 0 spiro atoms. The number of nitrogens with zero attached hydrogens (tertiary/aromatic N) is 1. The second-order valence-corrected chi connectivity index (χ2v) is 4.89. The van der Waals surface area contributed by atoms with Gasteiger partial charge in [-0.1, -0.05) is 49.4 Å². The lowest BCUT2D eigenvalue weighted by Crippen LogP contribution is -1.94. The summed E-state index contributed by atoms with van der Waals surface area (Å²) in [4.78, 5) is 7.82. The lowest BCUT2D eigenvalue weighted by molar-refractivity contribution is 0.317. The van der Waals surface area contributed by atoms with E-state index in [9.17, 15) is 0 Å².